The minimum absolute atomic E-state index is 0.0986. The molecule has 4 saturated heterocycles. The minimum Gasteiger partial charge on any atom is -0.379 e. The molecule has 0 bridgehead atoms. The van der Waals surface area contributed by atoms with E-state index in [9.17, 15) is 19.2 Å². The summed E-state index contributed by atoms with van der Waals surface area (Å²) in [4.78, 5) is 76.9. The number of rotatable bonds is 12. The first-order valence-electron chi connectivity index (χ1n) is 33.4. The van der Waals surface area contributed by atoms with E-state index in [4.69, 9.17) is 40.0 Å². The number of anilines is 4. The minimum atomic E-state index is -0.458. The molecule has 4 amide bonds. The normalized spacial score (nSPS) is 20.0. The zero-order valence-electron chi connectivity index (χ0n) is 54.9. The molecule has 0 radical (unpaired) electrons. The number of hydrogen-bond donors (Lipinski definition) is 4. The van der Waals surface area contributed by atoms with Crippen molar-refractivity contribution in [3.8, 4) is 24.3 Å². The van der Waals surface area contributed by atoms with Gasteiger partial charge in [-0.3, -0.25) is 58.7 Å². The number of nitrogens with one attached hydrogen (secondary N) is 4. The van der Waals surface area contributed by atoms with Gasteiger partial charge in [0, 0.05) is 126 Å². The van der Waals surface area contributed by atoms with Gasteiger partial charge in [0.25, 0.3) is 0 Å². The van der Waals surface area contributed by atoms with Gasteiger partial charge >= 0.3 is 0 Å². The highest BCUT2D eigenvalue weighted by Crippen LogP contribution is 2.41. The molecule has 100 heavy (non-hydrogen) atoms. The molecule has 0 saturated carbocycles. The molecule has 16 rings (SSSR count). The zero-order chi connectivity index (χ0) is 68.9. The van der Waals surface area contributed by atoms with Crippen molar-refractivity contribution in [1.29, 1.82) is 21.0 Å². The summed E-state index contributed by atoms with van der Waals surface area (Å²) >= 11 is 0. The van der Waals surface area contributed by atoms with Gasteiger partial charge in [0.15, 0.2) is 0 Å². The Bertz CT molecular complexity index is 3910. The van der Waals surface area contributed by atoms with Crippen molar-refractivity contribution >= 4 is 46.4 Å². The molecule has 12 heterocycles. The summed E-state index contributed by atoms with van der Waals surface area (Å²) < 4.78 is 21.5. The summed E-state index contributed by atoms with van der Waals surface area (Å²) in [6, 6.07) is 45.2. The topological polar surface area (TPSA) is 313 Å². The van der Waals surface area contributed by atoms with E-state index in [1.54, 1.807) is 72.8 Å². The molecule has 24 heteroatoms. The van der Waals surface area contributed by atoms with E-state index in [0.717, 1.165) is 199 Å². The quantitative estimate of drug-likeness (QED) is 0.0921. The van der Waals surface area contributed by atoms with Crippen LogP contribution in [0.2, 0.25) is 0 Å². The lowest BCUT2D eigenvalue weighted by Crippen LogP contribution is -2.35. The molecule has 8 aliphatic heterocycles. The van der Waals surface area contributed by atoms with Crippen LogP contribution in [0.15, 0.2) is 146 Å². The molecule has 4 aromatic heterocycles. The van der Waals surface area contributed by atoms with E-state index in [2.05, 4.69) is 85.1 Å². The van der Waals surface area contributed by atoms with E-state index in [1.807, 2.05) is 73.3 Å². The number of aromatic nitrogens is 4. The smallest absolute Gasteiger partial charge is 0.238 e. The molecular weight excluding hydrogens is 1260 g/mol. The summed E-state index contributed by atoms with van der Waals surface area (Å²) in [5, 5.41) is 47.9. The lowest BCUT2D eigenvalue weighted by atomic mass is 9.95. The Morgan fingerprint density at radius 3 is 0.710 bits per heavy atom. The van der Waals surface area contributed by atoms with Crippen LogP contribution >= 0.6 is 0 Å². The first kappa shape index (κ1) is 67.6. The Kier molecular flexibility index (Phi) is 21.4. The third-order valence-electron chi connectivity index (χ3n) is 18.7. The van der Waals surface area contributed by atoms with Gasteiger partial charge in [0.05, 0.1) is 122 Å². The number of carbonyl (C=O) groups is 4. The van der Waals surface area contributed by atoms with Gasteiger partial charge in [0.2, 0.25) is 23.6 Å². The van der Waals surface area contributed by atoms with E-state index < -0.39 is 23.7 Å². The number of nitriles is 4. The standard InChI is InChI=1S/4C19H18N4O2/c4*20-10-13-1-3-16-15(9-13)18(19(24)22-16)17-4-2-14(11-21-17)12-23-5-7-25-8-6-23/h4*1-4,9,11,18H,5-8,12H2,(H,22,24). The summed E-state index contributed by atoms with van der Waals surface area (Å²) in [5.74, 6) is -2.22. The van der Waals surface area contributed by atoms with E-state index in [1.165, 1.54) is 0 Å². The molecule has 4 fully saturated rings. The predicted octanol–water partition coefficient (Wildman–Crippen LogP) is 7.48. The highest BCUT2D eigenvalue weighted by molar-refractivity contribution is 6.07. The Balaban J connectivity index is 0.000000119. The maximum atomic E-state index is 12.4. The second-order valence-electron chi connectivity index (χ2n) is 25.3. The fourth-order valence-electron chi connectivity index (χ4n) is 13.4. The Morgan fingerprint density at radius 2 is 0.530 bits per heavy atom. The van der Waals surface area contributed by atoms with Gasteiger partial charge in [-0.25, -0.2) is 0 Å². The van der Waals surface area contributed by atoms with Crippen molar-refractivity contribution in [3.05, 3.63) is 236 Å². The fourth-order valence-corrected chi connectivity index (χ4v) is 13.4. The molecule has 4 N–H and O–H groups in total. The summed E-state index contributed by atoms with van der Waals surface area (Å²) in [5.41, 5.74) is 15.8. The van der Waals surface area contributed by atoms with Crippen LogP contribution in [0.5, 0.6) is 0 Å². The monoisotopic (exact) mass is 1340 g/mol. The molecule has 0 aliphatic carbocycles. The van der Waals surface area contributed by atoms with Crippen molar-refractivity contribution in [3.63, 3.8) is 0 Å². The summed E-state index contributed by atoms with van der Waals surface area (Å²) in [6.07, 6.45) is 7.35. The van der Waals surface area contributed by atoms with Gasteiger partial charge in [-0.1, -0.05) is 24.3 Å². The van der Waals surface area contributed by atoms with Gasteiger partial charge in [-0.05, 0) is 142 Å². The molecular formula is C76H72N16O8. The van der Waals surface area contributed by atoms with Crippen LogP contribution in [0.3, 0.4) is 0 Å². The molecule has 0 spiro atoms. The van der Waals surface area contributed by atoms with Crippen LogP contribution in [-0.4, -0.2) is 168 Å². The molecule has 24 nitrogen and oxygen atoms in total. The van der Waals surface area contributed by atoms with Crippen molar-refractivity contribution < 1.29 is 38.1 Å². The number of carbonyl (C=O) groups excluding carboxylic acids is 4. The number of fused-ring (bicyclic) bond motifs is 4. The van der Waals surface area contributed by atoms with Crippen LogP contribution in [0, 0.1) is 45.3 Å². The first-order valence-corrected chi connectivity index (χ1v) is 33.4. The zero-order valence-corrected chi connectivity index (χ0v) is 54.9. The van der Waals surface area contributed by atoms with Crippen LogP contribution in [0.25, 0.3) is 0 Å². The number of pyridine rings is 4. The summed E-state index contributed by atoms with van der Waals surface area (Å²) in [7, 11) is 0. The van der Waals surface area contributed by atoms with E-state index >= 15 is 0 Å². The number of morpholine rings is 4. The largest absolute Gasteiger partial charge is 0.379 e. The lowest BCUT2D eigenvalue weighted by Gasteiger charge is -2.26. The Labute approximate surface area is 578 Å². The van der Waals surface area contributed by atoms with Crippen LogP contribution in [0.1, 0.15) is 113 Å². The molecule has 4 aromatic carbocycles. The van der Waals surface area contributed by atoms with Gasteiger partial charge in [-0.15, -0.1) is 0 Å². The maximum absolute atomic E-state index is 12.4. The Hall–Kier alpha value is -11.0. The number of hydrogen-bond acceptors (Lipinski definition) is 20. The van der Waals surface area contributed by atoms with Crippen LogP contribution in [0.4, 0.5) is 22.7 Å². The number of ether oxygens (including phenoxy) is 4. The highest BCUT2D eigenvalue weighted by Gasteiger charge is 2.37. The van der Waals surface area contributed by atoms with Crippen molar-refractivity contribution in [2.45, 2.75) is 49.9 Å². The van der Waals surface area contributed by atoms with Crippen molar-refractivity contribution in [2.75, 3.05) is 126 Å². The van der Waals surface area contributed by atoms with Gasteiger partial charge in [-0.2, -0.15) is 21.0 Å². The number of amides is 4. The highest BCUT2D eigenvalue weighted by atomic mass is 16.5. The van der Waals surface area contributed by atoms with E-state index in [-0.39, 0.29) is 23.6 Å². The lowest BCUT2D eigenvalue weighted by molar-refractivity contribution is -0.117. The number of nitrogens with zero attached hydrogens (tertiary/aromatic N) is 12. The number of benzene rings is 4. The maximum Gasteiger partial charge on any atom is 0.238 e. The predicted molar refractivity (Wildman–Crippen MR) is 368 cm³/mol. The van der Waals surface area contributed by atoms with Crippen LogP contribution < -0.4 is 21.3 Å². The van der Waals surface area contributed by atoms with E-state index in [0.29, 0.717) is 45.0 Å². The van der Waals surface area contributed by atoms with Gasteiger partial charge < -0.3 is 40.2 Å². The SMILES string of the molecule is N#Cc1ccc2c(c1)C(c1ccc(CN3CCOCC3)cn1)C(=O)N2.N#Cc1ccc2c(c1)C(c1ccc(CN3CCOCC3)cn1)C(=O)N2.N#Cc1ccc2c(c1)C(c1ccc(CN3CCOCC3)cn1)C(=O)N2.N#Cc1ccc2c(c1)C(c1ccc(CN3CCOCC3)cn1)C(=O)N2. The average Bonchev–Trinajstić information content (AvgIpc) is 1.69. The second kappa shape index (κ2) is 31.7. The molecule has 8 aliphatic rings. The van der Waals surface area contributed by atoms with Crippen molar-refractivity contribution in [1.82, 2.24) is 39.5 Å². The van der Waals surface area contributed by atoms with Crippen LogP contribution in [-0.2, 0) is 64.3 Å². The second-order valence-corrected chi connectivity index (χ2v) is 25.3. The Morgan fingerprint density at radius 1 is 0.320 bits per heavy atom. The van der Waals surface area contributed by atoms with Crippen molar-refractivity contribution in [2.24, 2.45) is 0 Å². The average molecular weight is 1340 g/mol. The molecule has 4 unspecified atom stereocenters. The molecule has 8 aromatic rings. The third-order valence-corrected chi connectivity index (χ3v) is 18.7. The third kappa shape index (κ3) is 15.9. The molecule has 504 valence electrons. The van der Waals surface area contributed by atoms with Gasteiger partial charge in [0.1, 0.15) is 23.7 Å². The summed E-state index contributed by atoms with van der Waals surface area (Å²) in [6.45, 7) is 16.9. The first-order chi connectivity index (χ1) is 49.0. The fraction of sp³-hybridized carbons (Fsp3) is 0.316. The molecule has 4 atom stereocenters.